The molecule has 2 rings (SSSR count). The van der Waals surface area contributed by atoms with Gasteiger partial charge in [0.15, 0.2) is 0 Å². The Labute approximate surface area is 106 Å². The molecule has 1 aromatic rings. The van der Waals surface area contributed by atoms with Gasteiger partial charge >= 0.3 is 5.97 Å². The summed E-state index contributed by atoms with van der Waals surface area (Å²) in [6.07, 6.45) is 2.11. The highest BCUT2D eigenvalue weighted by atomic mass is 16.5. The molecule has 1 unspecified atom stereocenters. The van der Waals surface area contributed by atoms with E-state index in [-0.39, 0.29) is 11.2 Å². The number of carbonyl (C=O) groups is 1. The van der Waals surface area contributed by atoms with E-state index in [0.717, 1.165) is 25.1 Å². The second kappa shape index (κ2) is 5.46. The highest BCUT2D eigenvalue weighted by molar-refractivity contribution is 5.85. The topological polar surface area (TPSA) is 71.5 Å². The quantitative estimate of drug-likeness (QED) is 0.846. The maximum atomic E-state index is 10.8. The highest BCUT2D eigenvalue weighted by Gasteiger charge is 2.26. The lowest BCUT2D eigenvalue weighted by Gasteiger charge is -2.34. The summed E-state index contributed by atoms with van der Waals surface area (Å²) in [4.78, 5) is 14.9. The molecule has 0 saturated carbocycles. The molecule has 0 aliphatic carbocycles. The van der Waals surface area contributed by atoms with Crippen LogP contribution in [0.1, 0.15) is 35.9 Å². The molecule has 98 valence electrons. The number of nitrogens with zero attached hydrogens (tertiary/aromatic N) is 1. The Balaban J connectivity index is 1.97. The Morgan fingerprint density at radius 3 is 3.11 bits per heavy atom. The number of hydrogen-bond acceptors (Lipinski definition) is 4. The van der Waals surface area contributed by atoms with E-state index in [1.165, 1.54) is 6.07 Å². The number of ether oxygens (including phenoxy) is 1. The van der Waals surface area contributed by atoms with Crippen molar-refractivity contribution in [2.45, 2.75) is 31.8 Å². The fraction of sp³-hybridized carbons (Fsp3) is 0.538. The summed E-state index contributed by atoms with van der Waals surface area (Å²) in [7, 11) is 0. The van der Waals surface area contributed by atoms with Crippen LogP contribution >= 0.6 is 0 Å². The van der Waals surface area contributed by atoms with E-state index in [0.29, 0.717) is 13.2 Å². The molecule has 5 heteroatoms. The molecule has 1 aliphatic rings. The minimum atomic E-state index is -0.996. The molecule has 0 radical (unpaired) electrons. The molecule has 0 aromatic carbocycles. The second-order valence-corrected chi connectivity index (χ2v) is 4.89. The first kappa shape index (κ1) is 13.0. The summed E-state index contributed by atoms with van der Waals surface area (Å²) in [6.45, 7) is 4.18. The minimum absolute atomic E-state index is 0.0425. The molecule has 1 fully saturated rings. The van der Waals surface area contributed by atoms with Crippen LogP contribution < -0.4 is 5.32 Å². The number of aromatic carboxylic acids is 1. The zero-order chi connectivity index (χ0) is 13.0. The standard InChI is InChI=1S/C13H18N2O3/c1-13(6-3-7-18-9-13)14-8-10-4-2-5-11(15-10)12(16)17/h2,4-5,14H,3,6-9H2,1H3,(H,16,17). The molecule has 0 spiro atoms. The highest BCUT2D eigenvalue weighted by Crippen LogP contribution is 2.18. The molecule has 0 bridgehead atoms. The van der Waals surface area contributed by atoms with Crippen LogP contribution in [-0.4, -0.2) is 34.8 Å². The average molecular weight is 250 g/mol. The maximum Gasteiger partial charge on any atom is 0.354 e. The molecule has 1 atom stereocenters. The van der Waals surface area contributed by atoms with E-state index in [2.05, 4.69) is 17.2 Å². The Kier molecular flexibility index (Phi) is 3.93. The Morgan fingerprint density at radius 2 is 2.44 bits per heavy atom. The van der Waals surface area contributed by atoms with Crippen LogP contribution in [0.4, 0.5) is 0 Å². The van der Waals surface area contributed by atoms with Gasteiger partial charge in [-0.3, -0.25) is 0 Å². The maximum absolute atomic E-state index is 10.8. The van der Waals surface area contributed by atoms with Gasteiger partial charge in [-0.1, -0.05) is 6.07 Å². The van der Waals surface area contributed by atoms with Gasteiger partial charge in [0.25, 0.3) is 0 Å². The predicted octanol–water partition coefficient (Wildman–Crippen LogP) is 1.44. The number of carboxylic acids is 1. The van der Waals surface area contributed by atoms with E-state index in [4.69, 9.17) is 9.84 Å². The minimum Gasteiger partial charge on any atom is -0.477 e. The molecular formula is C13H18N2O3. The van der Waals surface area contributed by atoms with Gasteiger partial charge in [-0.2, -0.15) is 0 Å². The summed E-state index contributed by atoms with van der Waals surface area (Å²) in [5, 5.41) is 12.3. The summed E-state index contributed by atoms with van der Waals surface area (Å²) in [6, 6.07) is 5.04. The molecule has 1 aromatic heterocycles. The number of rotatable bonds is 4. The summed E-state index contributed by atoms with van der Waals surface area (Å²) in [5.41, 5.74) is 0.778. The third-order valence-corrected chi connectivity index (χ3v) is 3.16. The van der Waals surface area contributed by atoms with Crippen LogP contribution in [0.5, 0.6) is 0 Å². The third kappa shape index (κ3) is 3.27. The number of nitrogens with one attached hydrogen (secondary N) is 1. The van der Waals surface area contributed by atoms with Crippen LogP contribution in [0.25, 0.3) is 0 Å². The van der Waals surface area contributed by atoms with Crippen molar-refractivity contribution in [3.05, 3.63) is 29.6 Å². The van der Waals surface area contributed by atoms with Crippen molar-refractivity contribution in [2.75, 3.05) is 13.2 Å². The zero-order valence-corrected chi connectivity index (χ0v) is 10.5. The lowest BCUT2D eigenvalue weighted by Crippen LogP contribution is -2.48. The van der Waals surface area contributed by atoms with E-state index >= 15 is 0 Å². The largest absolute Gasteiger partial charge is 0.477 e. The Morgan fingerprint density at radius 1 is 1.61 bits per heavy atom. The number of carboxylic acid groups (broad SMARTS) is 1. The molecule has 1 aliphatic heterocycles. The van der Waals surface area contributed by atoms with Crippen molar-refractivity contribution in [3.63, 3.8) is 0 Å². The summed E-state index contributed by atoms with van der Waals surface area (Å²) < 4.78 is 5.46. The van der Waals surface area contributed by atoms with E-state index in [1.807, 2.05) is 6.07 Å². The van der Waals surface area contributed by atoms with Crippen LogP contribution in [0, 0.1) is 0 Å². The first-order valence-corrected chi connectivity index (χ1v) is 6.11. The van der Waals surface area contributed by atoms with Crippen LogP contribution in [0.15, 0.2) is 18.2 Å². The van der Waals surface area contributed by atoms with Gasteiger partial charge in [-0.25, -0.2) is 9.78 Å². The van der Waals surface area contributed by atoms with Crippen LogP contribution in [0.3, 0.4) is 0 Å². The van der Waals surface area contributed by atoms with Crippen molar-refractivity contribution in [1.29, 1.82) is 0 Å². The van der Waals surface area contributed by atoms with Crippen molar-refractivity contribution < 1.29 is 14.6 Å². The molecular weight excluding hydrogens is 232 g/mol. The average Bonchev–Trinajstić information content (AvgIpc) is 2.38. The first-order chi connectivity index (χ1) is 8.59. The Bertz CT molecular complexity index is 428. The molecule has 1 saturated heterocycles. The Hall–Kier alpha value is -1.46. The third-order valence-electron chi connectivity index (χ3n) is 3.16. The molecule has 18 heavy (non-hydrogen) atoms. The summed E-state index contributed by atoms with van der Waals surface area (Å²) in [5.74, 6) is -0.996. The molecule has 5 nitrogen and oxygen atoms in total. The predicted molar refractivity (Wildman–Crippen MR) is 66.5 cm³/mol. The van der Waals surface area contributed by atoms with Crippen molar-refractivity contribution >= 4 is 5.97 Å². The zero-order valence-electron chi connectivity index (χ0n) is 10.5. The molecule has 2 N–H and O–H groups in total. The second-order valence-electron chi connectivity index (χ2n) is 4.89. The van der Waals surface area contributed by atoms with Gasteiger partial charge in [0.1, 0.15) is 5.69 Å². The van der Waals surface area contributed by atoms with Crippen molar-refractivity contribution in [1.82, 2.24) is 10.3 Å². The van der Waals surface area contributed by atoms with Crippen LogP contribution in [-0.2, 0) is 11.3 Å². The lowest BCUT2D eigenvalue weighted by atomic mass is 9.95. The van der Waals surface area contributed by atoms with Gasteiger partial charge in [0.2, 0.25) is 0 Å². The van der Waals surface area contributed by atoms with Gasteiger partial charge in [-0.15, -0.1) is 0 Å². The van der Waals surface area contributed by atoms with E-state index in [1.54, 1.807) is 6.07 Å². The first-order valence-electron chi connectivity index (χ1n) is 6.11. The molecule has 0 amide bonds. The number of hydrogen-bond donors (Lipinski definition) is 2. The van der Waals surface area contributed by atoms with Gasteiger partial charge in [0.05, 0.1) is 12.3 Å². The van der Waals surface area contributed by atoms with Crippen molar-refractivity contribution in [3.8, 4) is 0 Å². The summed E-state index contributed by atoms with van der Waals surface area (Å²) >= 11 is 0. The fourth-order valence-electron chi connectivity index (χ4n) is 2.07. The number of pyridine rings is 1. The normalized spacial score (nSPS) is 23.8. The lowest BCUT2D eigenvalue weighted by molar-refractivity contribution is 0.0276. The van der Waals surface area contributed by atoms with Crippen molar-refractivity contribution in [2.24, 2.45) is 0 Å². The van der Waals surface area contributed by atoms with Gasteiger partial charge in [0, 0.05) is 18.7 Å². The molecule has 2 heterocycles. The fourth-order valence-corrected chi connectivity index (χ4v) is 2.07. The SMILES string of the molecule is CC1(NCc2cccc(C(=O)O)n2)CCCOC1. The van der Waals surface area contributed by atoms with E-state index < -0.39 is 5.97 Å². The van der Waals surface area contributed by atoms with Gasteiger partial charge in [-0.05, 0) is 31.9 Å². The van der Waals surface area contributed by atoms with Crippen LogP contribution in [0.2, 0.25) is 0 Å². The van der Waals surface area contributed by atoms with E-state index in [9.17, 15) is 4.79 Å². The monoisotopic (exact) mass is 250 g/mol. The number of aromatic nitrogens is 1. The smallest absolute Gasteiger partial charge is 0.354 e. The van der Waals surface area contributed by atoms with Gasteiger partial charge < -0.3 is 15.2 Å².